The fourth-order valence-electron chi connectivity index (χ4n) is 3.32. The first kappa shape index (κ1) is 15.3. The smallest absolute Gasteiger partial charge is 0.438 e. The molecule has 0 unspecified atom stereocenters. The lowest BCUT2D eigenvalue weighted by atomic mass is 9.64. The summed E-state index contributed by atoms with van der Waals surface area (Å²) in [5, 5.41) is 0. The van der Waals surface area contributed by atoms with Gasteiger partial charge in [-0.15, -0.1) is 0 Å². The zero-order valence-electron chi connectivity index (χ0n) is 12.5. The van der Waals surface area contributed by atoms with E-state index in [2.05, 4.69) is 17.7 Å². The van der Waals surface area contributed by atoms with Crippen LogP contribution in [0.1, 0.15) is 39.0 Å². The number of ether oxygens (including phenoxy) is 4. The molecular formula is C15H24O5. The lowest BCUT2D eigenvalue weighted by Gasteiger charge is -2.46. The van der Waals surface area contributed by atoms with Gasteiger partial charge in [-0.1, -0.05) is 12.5 Å². The summed E-state index contributed by atoms with van der Waals surface area (Å²) in [7, 11) is 2.97. The molecular weight excluding hydrogens is 260 g/mol. The van der Waals surface area contributed by atoms with E-state index in [0.29, 0.717) is 6.79 Å². The Morgan fingerprint density at radius 3 is 2.90 bits per heavy atom. The fourth-order valence-corrected chi connectivity index (χ4v) is 3.32. The van der Waals surface area contributed by atoms with Crippen LogP contribution in [0.4, 0.5) is 4.79 Å². The Labute approximate surface area is 120 Å². The van der Waals surface area contributed by atoms with Crippen molar-refractivity contribution in [2.75, 3.05) is 21.0 Å². The average molecular weight is 284 g/mol. The number of methoxy groups -OCH3 is 2. The van der Waals surface area contributed by atoms with Gasteiger partial charge in [-0.3, -0.25) is 0 Å². The molecule has 1 fully saturated rings. The third-order valence-corrected chi connectivity index (χ3v) is 4.49. The largest absolute Gasteiger partial charge is 0.508 e. The molecule has 0 saturated heterocycles. The number of rotatable bonds is 4. The molecule has 0 aliphatic heterocycles. The Morgan fingerprint density at radius 2 is 2.20 bits per heavy atom. The van der Waals surface area contributed by atoms with Gasteiger partial charge in [0.1, 0.15) is 12.9 Å². The molecule has 5 heteroatoms. The van der Waals surface area contributed by atoms with E-state index in [1.54, 1.807) is 7.11 Å². The summed E-state index contributed by atoms with van der Waals surface area (Å²) < 4.78 is 20.7. The van der Waals surface area contributed by atoms with Crippen molar-refractivity contribution in [2.45, 2.75) is 51.2 Å². The maximum atomic E-state index is 11.2. The van der Waals surface area contributed by atoms with Gasteiger partial charge in [0.25, 0.3) is 0 Å². The molecule has 2 rings (SSSR count). The minimum Gasteiger partial charge on any atom is -0.438 e. The van der Waals surface area contributed by atoms with Crippen LogP contribution in [-0.4, -0.2) is 39.4 Å². The maximum absolute atomic E-state index is 11.2. The van der Waals surface area contributed by atoms with Gasteiger partial charge in [-0.05, 0) is 38.2 Å². The highest BCUT2D eigenvalue weighted by molar-refractivity contribution is 5.60. The van der Waals surface area contributed by atoms with Gasteiger partial charge in [0.2, 0.25) is 0 Å². The molecule has 0 N–H and O–H groups in total. The summed E-state index contributed by atoms with van der Waals surface area (Å²) in [6, 6.07) is 0. The summed E-state index contributed by atoms with van der Waals surface area (Å²) in [4.78, 5) is 11.2. The van der Waals surface area contributed by atoms with E-state index in [4.69, 9.17) is 14.2 Å². The first-order valence-electron chi connectivity index (χ1n) is 7.16. The highest BCUT2D eigenvalue weighted by Gasteiger charge is 2.44. The van der Waals surface area contributed by atoms with Crippen LogP contribution in [-0.2, 0) is 18.9 Å². The van der Waals surface area contributed by atoms with E-state index in [0.717, 1.165) is 32.1 Å². The zero-order valence-corrected chi connectivity index (χ0v) is 12.5. The molecule has 3 atom stereocenters. The molecule has 114 valence electrons. The SMILES string of the molecule is COCO[C@H]1CCCC2=C[C@H](OC(=O)OC)CC[C@@]21C. The number of hydrogen-bond acceptors (Lipinski definition) is 5. The van der Waals surface area contributed by atoms with E-state index in [-0.39, 0.29) is 17.6 Å². The molecule has 0 heterocycles. The van der Waals surface area contributed by atoms with Crippen LogP contribution in [0.3, 0.4) is 0 Å². The van der Waals surface area contributed by atoms with Crippen LogP contribution in [0.5, 0.6) is 0 Å². The van der Waals surface area contributed by atoms with Gasteiger partial charge in [0, 0.05) is 12.5 Å². The molecule has 0 bridgehead atoms. The van der Waals surface area contributed by atoms with Crippen molar-refractivity contribution in [3.05, 3.63) is 11.6 Å². The van der Waals surface area contributed by atoms with Crippen LogP contribution < -0.4 is 0 Å². The van der Waals surface area contributed by atoms with Gasteiger partial charge in [0.15, 0.2) is 0 Å². The molecule has 0 aromatic carbocycles. The second-order valence-electron chi connectivity index (χ2n) is 5.71. The van der Waals surface area contributed by atoms with Gasteiger partial charge in [0.05, 0.1) is 13.2 Å². The highest BCUT2D eigenvalue weighted by atomic mass is 16.7. The standard InChI is InChI=1S/C15H24O5/c1-15-8-7-12(20-14(16)18-3)9-11(15)5-4-6-13(15)19-10-17-2/h9,12-13H,4-8,10H2,1-3H3/t12-,13+,15+/m1/s1. The highest BCUT2D eigenvalue weighted by Crippen LogP contribution is 2.48. The molecule has 0 aromatic heterocycles. The molecule has 2 aliphatic rings. The lowest BCUT2D eigenvalue weighted by molar-refractivity contribution is -0.121. The van der Waals surface area contributed by atoms with Crippen molar-refractivity contribution in [2.24, 2.45) is 5.41 Å². The molecule has 0 aromatic rings. The topological polar surface area (TPSA) is 54.0 Å². The first-order chi connectivity index (χ1) is 9.60. The van der Waals surface area contributed by atoms with Gasteiger partial charge in [-0.25, -0.2) is 4.79 Å². The Morgan fingerprint density at radius 1 is 1.40 bits per heavy atom. The molecule has 2 aliphatic carbocycles. The summed E-state index contributed by atoms with van der Waals surface area (Å²) in [6.45, 7) is 2.57. The van der Waals surface area contributed by atoms with Crippen LogP contribution in [0.25, 0.3) is 0 Å². The predicted molar refractivity (Wildman–Crippen MR) is 73.3 cm³/mol. The fraction of sp³-hybridized carbons (Fsp3) is 0.800. The van der Waals surface area contributed by atoms with E-state index in [9.17, 15) is 4.79 Å². The van der Waals surface area contributed by atoms with Gasteiger partial charge in [-0.2, -0.15) is 0 Å². The molecule has 20 heavy (non-hydrogen) atoms. The summed E-state index contributed by atoms with van der Waals surface area (Å²) >= 11 is 0. The third-order valence-electron chi connectivity index (χ3n) is 4.49. The van der Waals surface area contributed by atoms with E-state index in [1.807, 2.05) is 0 Å². The Bertz CT molecular complexity index is 378. The zero-order chi connectivity index (χ0) is 14.6. The number of carbonyl (C=O) groups is 1. The minimum atomic E-state index is -0.613. The molecule has 1 saturated carbocycles. The average Bonchev–Trinajstić information content (AvgIpc) is 2.45. The second kappa shape index (κ2) is 6.59. The summed E-state index contributed by atoms with van der Waals surface area (Å²) in [6.07, 6.45) is 6.44. The predicted octanol–water partition coefficient (Wildman–Crippen LogP) is 3.04. The van der Waals surface area contributed by atoms with Crippen molar-refractivity contribution in [1.82, 2.24) is 0 Å². The maximum Gasteiger partial charge on any atom is 0.508 e. The molecule has 0 amide bonds. The Hall–Kier alpha value is -1.07. The van der Waals surface area contributed by atoms with Crippen molar-refractivity contribution in [3.8, 4) is 0 Å². The third kappa shape index (κ3) is 3.15. The van der Waals surface area contributed by atoms with Crippen LogP contribution in [0.15, 0.2) is 11.6 Å². The van der Waals surface area contributed by atoms with E-state index in [1.165, 1.54) is 12.7 Å². The number of fused-ring (bicyclic) bond motifs is 1. The quantitative estimate of drug-likeness (QED) is 0.451. The van der Waals surface area contributed by atoms with Crippen LogP contribution in [0, 0.1) is 5.41 Å². The normalized spacial score (nSPS) is 33.0. The van der Waals surface area contributed by atoms with Crippen molar-refractivity contribution < 1.29 is 23.7 Å². The van der Waals surface area contributed by atoms with Crippen LogP contribution >= 0.6 is 0 Å². The lowest BCUT2D eigenvalue weighted by Crippen LogP contribution is -2.43. The Balaban J connectivity index is 2.07. The van der Waals surface area contributed by atoms with Crippen molar-refractivity contribution >= 4 is 6.16 Å². The molecule has 0 radical (unpaired) electrons. The van der Waals surface area contributed by atoms with Crippen molar-refractivity contribution in [1.29, 1.82) is 0 Å². The van der Waals surface area contributed by atoms with Crippen LogP contribution in [0.2, 0.25) is 0 Å². The summed E-state index contributed by atoms with van der Waals surface area (Å²) in [5.41, 5.74) is 1.37. The molecule has 5 nitrogen and oxygen atoms in total. The molecule has 0 spiro atoms. The number of carbonyl (C=O) groups excluding carboxylic acids is 1. The minimum absolute atomic E-state index is 0.0345. The Kier molecular flexibility index (Phi) is 5.05. The van der Waals surface area contributed by atoms with Gasteiger partial charge < -0.3 is 18.9 Å². The van der Waals surface area contributed by atoms with Crippen molar-refractivity contribution in [3.63, 3.8) is 0 Å². The second-order valence-corrected chi connectivity index (χ2v) is 5.71. The number of hydrogen-bond donors (Lipinski definition) is 0. The summed E-state index contributed by atoms with van der Waals surface area (Å²) in [5.74, 6) is 0. The first-order valence-corrected chi connectivity index (χ1v) is 7.16. The van der Waals surface area contributed by atoms with Gasteiger partial charge >= 0.3 is 6.16 Å². The van der Waals surface area contributed by atoms with E-state index < -0.39 is 6.16 Å². The van der Waals surface area contributed by atoms with E-state index >= 15 is 0 Å². The monoisotopic (exact) mass is 284 g/mol.